The van der Waals surface area contributed by atoms with Gasteiger partial charge in [0.25, 0.3) is 11.6 Å². The van der Waals surface area contributed by atoms with Crippen molar-refractivity contribution in [2.24, 2.45) is 5.92 Å². The van der Waals surface area contributed by atoms with Gasteiger partial charge in [0.1, 0.15) is 0 Å². The number of methoxy groups -OCH3 is 1. The molecule has 0 radical (unpaired) electrons. The molecule has 8 heteroatoms. The molecule has 1 amide bonds. The summed E-state index contributed by atoms with van der Waals surface area (Å²) in [5.74, 6) is -0.297. The lowest BCUT2D eigenvalue weighted by Crippen LogP contribution is -2.45. The van der Waals surface area contributed by atoms with E-state index in [0.29, 0.717) is 0 Å². The smallest absolute Gasteiger partial charge is 0.338 e. The first kappa shape index (κ1) is 20.3. The Morgan fingerprint density at radius 3 is 2.39 bits per heavy atom. The van der Waals surface area contributed by atoms with Gasteiger partial charge in [-0.25, -0.2) is 4.79 Å². The van der Waals surface area contributed by atoms with E-state index in [2.05, 4.69) is 15.0 Å². The molecule has 0 aromatic heterocycles. The summed E-state index contributed by atoms with van der Waals surface area (Å²) in [6, 6.07) is 3.68. The molecule has 1 aromatic carbocycles. The maximum atomic E-state index is 12.6. The van der Waals surface area contributed by atoms with Crippen LogP contribution in [-0.2, 0) is 4.74 Å². The lowest BCUT2D eigenvalue weighted by Gasteiger charge is -2.33. The molecule has 8 nitrogen and oxygen atoms in total. The van der Waals surface area contributed by atoms with Crippen molar-refractivity contribution in [3.05, 3.63) is 39.4 Å². The van der Waals surface area contributed by atoms with Crippen LogP contribution in [-0.4, -0.2) is 54.5 Å². The van der Waals surface area contributed by atoms with Crippen LogP contribution in [0.4, 0.5) is 5.69 Å². The number of esters is 1. The number of non-ortho nitro benzene ring substituents is 1. The second-order valence-corrected chi connectivity index (χ2v) is 7.72. The van der Waals surface area contributed by atoms with Gasteiger partial charge in [-0.3, -0.25) is 14.9 Å². The normalized spacial score (nSPS) is 18.8. The van der Waals surface area contributed by atoms with Crippen molar-refractivity contribution in [1.29, 1.82) is 0 Å². The number of hydrogen-bond donors (Lipinski definition) is 1. The highest BCUT2D eigenvalue weighted by Crippen LogP contribution is 2.26. The largest absolute Gasteiger partial charge is 0.465 e. The number of benzene rings is 1. The highest BCUT2D eigenvalue weighted by atomic mass is 16.6. The van der Waals surface area contributed by atoms with E-state index in [1.807, 2.05) is 0 Å². The summed E-state index contributed by atoms with van der Waals surface area (Å²) in [4.78, 5) is 37.3. The minimum atomic E-state index is -0.710. The molecule has 28 heavy (non-hydrogen) atoms. The first-order chi connectivity index (χ1) is 13.5. The van der Waals surface area contributed by atoms with E-state index in [0.717, 1.165) is 44.5 Å². The molecule has 1 heterocycles. The number of nitrogens with zero attached hydrogens (tertiary/aromatic N) is 2. The van der Waals surface area contributed by atoms with Crippen LogP contribution in [0.3, 0.4) is 0 Å². The minimum Gasteiger partial charge on any atom is -0.465 e. The van der Waals surface area contributed by atoms with E-state index in [-0.39, 0.29) is 22.9 Å². The highest BCUT2D eigenvalue weighted by Gasteiger charge is 2.25. The van der Waals surface area contributed by atoms with Crippen LogP contribution in [0.25, 0.3) is 0 Å². The van der Waals surface area contributed by atoms with Crippen LogP contribution in [0, 0.1) is 16.0 Å². The Balaban J connectivity index is 1.59. The number of nitrogens with one attached hydrogen (secondary N) is 1. The number of nitro benzene ring substituents is 1. The Labute approximate surface area is 164 Å². The Hall–Kier alpha value is -2.48. The van der Waals surface area contributed by atoms with Gasteiger partial charge in [0.05, 0.1) is 17.6 Å². The van der Waals surface area contributed by atoms with Crippen molar-refractivity contribution < 1.29 is 19.2 Å². The Kier molecular flexibility index (Phi) is 6.61. The summed E-state index contributed by atoms with van der Waals surface area (Å²) in [6.45, 7) is 3.04. The summed E-state index contributed by atoms with van der Waals surface area (Å²) in [7, 11) is 1.19. The van der Waals surface area contributed by atoms with Gasteiger partial charge in [-0.2, -0.15) is 0 Å². The predicted octanol–water partition coefficient (Wildman–Crippen LogP) is 2.77. The Morgan fingerprint density at radius 2 is 1.79 bits per heavy atom. The number of rotatable bonds is 6. The van der Waals surface area contributed by atoms with Gasteiger partial charge >= 0.3 is 5.97 Å². The fourth-order valence-electron chi connectivity index (χ4n) is 4.17. The molecule has 1 saturated carbocycles. The number of nitro groups is 1. The number of carbonyl (C=O) groups excluding carboxylic acids is 2. The van der Waals surface area contributed by atoms with Crippen LogP contribution in [0.1, 0.15) is 59.2 Å². The Bertz CT molecular complexity index is 737. The van der Waals surface area contributed by atoms with E-state index in [4.69, 9.17) is 0 Å². The van der Waals surface area contributed by atoms with Gasteiger partial charge in [-0.15, -0.1) is 0 Å². The molecular weight excluding hydrogens is 362 g/mol. The van der Waals surface area contributed by atoms with Crippen LogP contribution in [0.2, 0.25) is 0 Å². The zero-order valence-electron chi connectivity index (χ0n) is 16.2. The molecule has 2 fully saturated rings. The molecule has 0 spiro atoms. The molecular formula is C20H27N3O5. The van der Waals surface area contributed by atoms with Gasteiger partial charge in [0.2, 0.25) is 0 Å². The lowest BCUT2D eigenvalue weighted by atomic mass is 10.0. The summed E-state index contributed by atoms with van der Waals surface area (Å²) < 4.78 is 4.62. The van der Waals surface area contributed by atoms with Crippen molar-refractivity contribution in [2.75, 3.05) is 26.7 Å². The van der Waals surface area contributed by atoms with E-state index in [1.54, 1.807) is 0 Å². The number of amides is 1. The second kappa shape index (κ2) is 9.14. The van der Waals surface area contributed by atoms with Crippen LogP contribution < -0.4 is 5.32 Å². The summed E-state index contributed by atoms with van der Waals surface area (Å²) in [6.07, 6.45) is 7.05. The summed E-state index contributed by atoms with van der Waals surface area (Å²) >= 11 is 0. The molecule has 0 atom stereocenters. The molecule has 1 N–H and O–H groups in total. The predicted molar refractivity (Wildman–Crippen MR) is 103 cm³/mol. The fourth-order valence-corrected chi connectivity index (χ4v) is 4.17. The SMILES string of the molecule is COC(=O)c1cc(C(=O)NC2CCN(CC3CCCC3)CC2)cc([N+](=O)[O-])c1. The first-order valence-electron chi connectivity index (χ1n) is 9.87. The second-order valence-electron chi connectivity index (χ2n) is 7.72. The first-order valence-corrected chi connectivity index (χ1v) is 9.87. The quantitative estimate of drug-likeness (QED) is 0.456. The van der Waals surface area contributed by atoms with Gasteiger partial charge < -0.3 is 15.0 Å². The topological polar surface area (TPSA) is 102 Å². The molecule has 1 aliphatic carbocycles. The molecule has 1 aliphatic heterocycles. The molecule has 0 bridgehead atoms. The van der Waals surface area contributed by atoms with Crippen molar-refractivity contribution in [1.82, 2.24) is 10.2 Å². The standard InChI is InChI=1S/C20H27N3O5/c1-28-20(25)16-10-15(11-18(12-16)23(26)27)19(24)21-17-6-8-22(9-7-17)13-14-4-2-3-5-14/h10-12,14,17H,2-9,13H2,1H3,(H,21,24). The third-order valence-electron chi connectivity index (χ3n) is 5.73. The number of carbonyl (C=O) groups is 2. The molecule has 0 unspecified atom stereocenters. The fraction of sp³-hybridized carbons (Fsp3) is 0.600. The maximum absolute atomic E-state index is 12.6. The van der Waals surface area contributed by atoms with E-state index in [1.165, 1.54) is 44.9 Å². The summed E-state index contributed by atoms with van der Waals surface area (Å²) in [5.41, 5.74) is -0.212. The van der Waals surface area contributed by atoms with Gasteiger partial charge in [-0.1, -0.05) is 12.8 Å². The van der Waals surface area contributed by atoms with Crippen LogP contribution in [0.15, 0.2) is 18.2 Å². The van der Waals surface area contributed by atoms with E-state index >= 15 is 0 Å². The summed E-state index contributed by atoms with van der Waals surface area (Å²) in [5, 5.41) is 14.1. The Morgan fingerprint density at radius 1 is 1.14 bits per heavy atom. The van der Waals surface area contributed by atoms with E-state index < -0.39 is 16.8 Å². The van der Waals surface area contributed by atoms with Crippen LogP contribution >= 0.6 is 0 Å². The van der Waals surface area contributed by atoms with Gasteiger partial charge in [-0.05, 0) is 37.7 Å². The number of hydrogen-bond acceptors (Lipinski definition) is 6. The zero-order valence-corrected chi connectivity index (χ0v) is 16.2. The highest BCUT2D eigenvalue weighted by molar-refractivity contribution is 5.99. The van der Waals surface area contributed by atoms with E-state index in [9.17, 15) is 19.7 Å². The monoisotopic (exact) mass is 389 g/mol. The van der Waals surface area contributed by atoms with Crippen molar-refractivity contribution in [3.63, 3.8) is 0 Å². The van der Waals surface area contributed by atoms with Crippen molar-refractivity contribution in [3.8, 4) is 0 Å². The van der Waals surface area contributed by atoms with Gasteiger partial charge in [0.15, 0.2) is 0 Å². The molecule has 1 aromatic rings. The van der Waals surface area contributed by atoms with Crippen molar-refractivity contribution in [2.45, 2.75) is 44.6 Å². The van der Waals surface area contributed by atoms with Crippen molar-refractivity contribution >= 4 is 17.6 Å². The van der Waals surface area contributed by atoms with Gasteiger partial charge in [0, 0.05) is 43.4 Å². The number of piperidine rings is 1. The third-order valence-corrected chi connectivity index (χ3v) is 5.73. The van der Waals surface area contributed by atoms with Crippen LogP contribution in [0.5, 0.6) is 0 Å². The third kappa shape index (κ3) is 5.07. The maximum Gasteiger partial charge on any atom is 0.338 e. The molecule has 2 aliphatic rings. The lowest BCUT2D eigenvalue weighted by molar-refractivity contribution is -0.384. The average molecular weight is 389 g/mol. The average Bonchev–Trinajstić information content (AvgIpc) is 3.21. The molecule has 1 saturated heterocycles. The number of likely N-dealkylation sites (tertiary alicyclic amines) is 1. The minimum absolute atomic E-state index is 0.00627. The zero-order chi connectivity index (χ0) is 20.1. The molecule has 3 rings (SSSR count). The molecule has 152 valence electrons. The number of ether oxygens (including phenoxy) is 1.